The molecule has 0 bridgehead atoms. The average molecular weight is 228 g/mol. The Hall–Kier alpha value is -2.52. The first kappa shape index (κ1) is 13.5. The van der Waals surface area contributed by atoms with E-state index >= 15 is 0 Å². The molecule has 0 aliphatic heterocycles. The highest BCUT2D eigenvalue weighted by atomic mass is 15.2. The number of nitrogens with one attached hydrogen (secondary N) is 4. The third kappa shape index (κ3) is 6.94. The lowest BCUT2D eigenvalue weighted by Crippen LogP contribution is -2.42. The van der Waals surface area contributed by atoms with Crippen LogP contribution in [-0.4, -0.2) is 30.0 Å². The van der Waals surface area contributed by atoms with E-state index in [1.807, 2.05) is 0 Å². The summed E-state index contributed by atoms with van der Waals surface area (Å²) >= 11 is 0. The molecular formula is C6H16N10. The van der Waals surface area contributed by atoms with Gasteiger partial charge in [-0.1, -0.05) is 0 Å². The van der Waals surface area contributed by atoms with Crippen molar-refractivity contribution in [3.63, 3.8) is 0 Å². The van der Waals surface area contributed by atoms with Gasteiger partial charge in [-0.25, -0.2) is 9.98 Å². The van der Waals surface area contributed by atoms with Gasteiger partial charge in [0.15, 0.2) is 23.8 Å². The molecule has 12 N–H and O–H groups in total. The topological polar surface area (TPSA) is 201 Å². The Balaban J connectivity index is 4.40. The van der Waals surface area contributed by atoms with Gasteiger partial charge in [-0.05, 0) is 6.92 Å². The predicted molar refractivity (Wildman–Crippen MR) is 62.8 cm³/mol. The molecule has 90 valence electrons. The number of hydrogen-bond donors (Lipinski definition) is 8. The summed E-state index contributed by atoms with van der Waals surface area (Å²) in [6, 6.07) is 0. The number of aliphatic imine (C=N–C) groups is 2. The zero-order valence-corrected chi connectivity index (χ0v) is 8.78. The van der Waals surface area contributed by atoms with Crippen LogP contribution in [0.2, 0.25) is 0 Å². The number of hydrogen-bond acceptors (Lipinski definition) is 4. The van der Waals surface area contributed by atoms with Gasteiger partial charge < -0.3 is 22.9 Å². The summed E-state index contributed by atoms with van der Waals surface area (Å²) in [5, 5.41) is 18.3. The molecule has 0 rings (SSSR count). The highest BCUT2D eigenvalue weighted by molar-refractivity contribution is 5.96. The second-order valence-corrected chi connectivity index (χ2v) is 2.74. The Labute approximate surface area is 92.2 Å². The summed E-state index contributed by atoms with van der Waals surface area (Å²) in [6.45, 7) is 1.60. The van der Waals surface area contributed by atoms with Crippen molar-refractivity contribution in [1.29, 1.82) is 10.8 Å². The molecule has 0 saturated heterocycles. The number of guanidine groups is 4. The minimum absolute atomic E-state index is 0.0561. The number of nitrogens with two attached hydrogens (primary N) is 4. The molecule has 0 heterocycles. The van der Waals surface area contributed by atoms with E-state index in [4.69, 9.17) is 33.8 Å². The fourth-order valence-corrected chi connectivity index (χ4v) is 0.772. The molecule has 0 aliphatic carbocycles. The van der Waals surface area contributed by atoms with E-state index in [1.54, 1.807) is 6.92 Å². The Morgan fingerprint density at radius 1 is 0.938 bits per heavy atom. The fourth-order valence-electron chi connectivity index (χ4n) is 0.772. The van der Waals surface area contributed by atoms with Gasteiger partial charge in [-0.15, -0.1) is 0 Å². The van der Waals surface area contributed by atoms with Crippen LogP contribution in [0.3, 0.4) is 0 Å². The van der Waals surface area contributed by atoms with Gasteiger partial charge in [0.1, 0.15) is 6.17 Å². The van der Waals surface area contributed by atoms with Gasteiger partial charge >= 0.3 is 0 Å². The van der Waals surface area contributed by atoms with Crippen molar-refractivity contribution in [2.75, 3.05) is 0 Å². The molecule has 0 radical (unpaired) electrons. The molecule has 16 heavy (non-hydrogen) atoms. The van der Waals surface area contributed by atoms with Crippen LogP contribution in [0.25, 0.3) is 0 Å². The summed E-state index contributed by atoms with van der Waals surface area (Å²) in [5.74, 6) is -0.765. The molecule has 0 unspecified atom stereocenters. The lowest BCUT2D eigenvalue weighted by atomic mass is 10.6. The van der Waals surface area contributed by atoms with Crippen LogP contribution in [-0.2, 0) is 0 Å². The molecule has 10 nitrogen and oxygen atoms in total. The van der Waals surface area contributed by atoms with Crippen molar-refractivity contribution in [3.05, 3.63) is 0 Å². The average Bonchev–Trinajstić information content (AvgIpc) is 1.97. The maximum Gasteiger partial charge on any atom is 0.197 e. The molecule has 0 aromatic rings. The second-order valence-electron chi connectivity index (χ2n) is 2.74. The SMILES string of the molecule is CC(N=C(N)NC(=N)N)N=C(N)NC(=N)N. The van der Waals surface area contributed by atoms with Gasteiger partial charge in [-0.2, -0.15) is 0 Å². The summed E-state index contributed by atoms with van der Waals surface area (Å²) in [4.78, 5) is 7.62. The van der Waals surface area contributed by atoms with Crippen LogP contribution in [0.15, 0.2) is 9.98 Å². The highest BCUT2D eigenvalue weighted by Crippen LogP contribution is 1.89. The smallest absolute Gasteiger partial charge is 0.197 e. The normalized spacial score (nSPS) is 14.1. The van der Waals surface area contributed by atoms with Crippen molar-refractivity contribution >= 4 is 23.8 Å². The summed E-state index contributed by atoms with van der Waals surface area (Å²) in [6.07, 6.45) is -0.598. The number of rotatable bonds is 2. The van der Waals surface area contributed by atoms with E-state index < -0.39 is 6.17 Å². The third-order valence-corrected chi connectivity index (χ3v) is 1.18. The van der Waals surface area contributed by atoms with Crippen molar-refractivity contribution in [2.45, 2.75) is 13.1 Å². The van der Waals surface area contributed by atoms with E-state index in [2.05, 4.69) is 20.6 Å². The highest BCUT2D eigenvalue weighted by Gasteiger charge is 2.00. The minimum atomic E-state index is -0.598. The fraction of sp³-hybridized carbons (Fsp3) is 0.333. The molecule has 10 heteroatoms. The molecule has 0 saturated carbocycles. The Morgan fingerprint density at radius 2 is 1.25 bits per heavy atom. The van der Waals surface area contributed by atoms with Crippen molar-refractivity contribution in [2.24, 2.45) is 32.9 Å². The lowest BCUT2D eigenvalue weighted by Gasteiger charge is -2.07. The van der Waals surface area contributed by atoms with Crippen LogP contribution < -0.4 is 33.6 Å². The Bertz CT molecular complexity index is 296. The number of nitrogens with zero attached hydrogens (tertiary/aromatic N) is 2. The molecule has 0 fully saturated rings. The summed E-state index contributed by atoms with van der Waals surface area (Å²) < 4.78 is 0. The van der Waals surface area contributed by atoms with Crippen LogP contribution in [0.1, 0.15) is 6.92 Å². The van der Waals surface area contributed by atoms with E-state index in [0.717, 1.165) is 0 Å². The maximum atomic E-state index is 6.89. The second kappa shape index (κ2) is 6.06. The van der Waals surface area contributed by atoms with E-state index in [9.17, 15) is 0 Å². The van der Waals surface area contributed by atoms with Gasteiger partial charge in [0, 0.05) is 0 Å². The van der Waals surface area contributed by atoms with Gasteiger partial charge in [0.25, 0.3) is 0 Å². The van der Waals surface area contributed by atoms with Crippen molar-refractivity contribution < 1.29 is 0 Å². The van der Waals surface area contributed by atoms with E-state index in [1.165, 1.54) is 0 Å². The Morgan fingerprint density at radius 3 is 1.50 bits per heavy atom. The van der Waals surface area contributed by atoms with Crippen LogP contribution >= 0.6 is 0 Å². The molecule has 0 atom stereocenters. The molecule has 0 aliphatic rings. The van der Waals surface area contributed by atoms with Gasteiger partial charge in [0.05, 0.1) is 0 Å². The summed E-state index contributed by atoms with van der Waals surface area (Å²) in [5.41, 5.74) is 20.8. The third-order valence-electron chi connectivity index (χ3n) is 1.18. The van der Waals surface area contributed by atoms with E-state index in [-0.39, 0.29) is 23.8 Å². The zero-order valence-electron chi connectivity index (χ0n) is 8.78. The van der Waals surface area contributed by atoms with E-state index in [0.29, 0.717) is 0 Å². The monoisotopic (exact) mass is 228 g/mol. The Kier molecular flexibility index (Phi) is 5.10. The maximum absolute atomic E-state index is 6.89. The zero-order chi connectivity index (χ0) is 12.7. The largest absolute Gasteiger partial charge is 0.370 e. The first-order valence-corrected chi connectivity index (χ1v) is 4.20. The quantitative estimate of drug-likeness (QED) is 0.182. The molecule has 0 spiro atoms. The molecule has 0 aromatic carbocycles. The van der Waals surface area contributed by atoms with Crippen molar-refractivity contribution in [3.8, 4) is 0 Å². The van der Waals surface area contributed by atoms with Crippen molar-refractivity contribution in [1.82, 2.24) is 10.6 Å². The van der Waals surface area contributed by atoms with Crippen LogP contribution in [0, 0.1) is 10.8 Å². The summed E-state index contributed by atoms with van der Waals surface area (Å²) in [7, 11) is 0. The predicted octanol–water partition coefficient (Wildman–Crippen LogP) is -3.07. The standard InChI is InChI=1S/C6H16N10/c1-2(13-5(11)15-3(7)8)14-6(12)16-4(9)10/h2H,1H3,(H6,7,8,11,13,15)(H6,9,10,12,14,16). The first-order valence-electron chi connectivity index (χ1n) is 4.20. The molecule has 0 aromatic heterocycles. The van der Waals surface area contributed by atoms with Crippen LogP contribution in [0.4, 0.5) is 0 Å². The van der Waals surface area contributed by atoms with Crippen LogP contribution in [0.5, 0.6) is 0 Å². The molecular weight excluding hydrogens is 212 g/mol. The van der Waals surface area contributed by atoms with Gasteiger partial charge in [-0.3, -0.25) is 21.5 Å². The minimum Gasteiger partial charge on any atom is -0.370 e. The lowest BCUT2D eigenvalue weighted by molar-refractivity contribution is 0.781. The van der Waals surface area contributed by atoms with Gasteiger partial charge in [0.2, 0.25) is 0 Å². The first-order chi connectivity index (χ1) is 7.31. The molecule has 0 amide bonds.